The van der Waals surface area contributed by atoms with Gasteiger partial charge in [-0.25, -0.2) is 4.98 Å². The Morgan fingerprint density at radius 1 is 1.47 bits per heavy atom. The highest BCUT2D eigenvalue weighted by atomic mass is 35.5. The molecule has 0 aliphatic heterocycles. The summed E-state index contributed by atoms with van der Waals surface area (Å²) in [6.45, 7) is 1.50. The van der Waals surface area contributed by atoms with Crippen molar-refractivity contribution in [3.8, 4) is 11.5 Å². The van der Waals surface area contributed by atoms with Crippen LogP contribution in [0.2, 0.25) is 5.02 Å². The van der Waals surface area contributed by atoms with Crippen LogP contribution in [0.3, 0.4) is 0 Å². The molecule has 0 saturated carbocycles. The number of oxazole rings is 1. The Balaban J connectivity index is 2.48. The second-order valence-electron chi connectivity index (χ2n) is 3.09. The maximum atomic E-state index is 11.1. The lowest BCUT2D eigenvalue weighted by Gasteiger charge is -2.01. The smallest absolute Gasteiger partial charge is 0.227 e. The number of carbonyl (C=O) groups is 1. The minimum Gasteiger partial charge on any atom is -0.444 e. The van der Waals surface area contributed by atoms with E-state index in [1.165, 1.54) is 13.2 Å². The van der Waals surface area contributed by atoms with E-state index in [-0.39, 0.29) is 5.78 Å². The summed E-state index contributed by atoms with van der Waals surface area (Å²) in [6, 6.07) is 5.04. The van der Waals surface area contributed by atoms with E-state index in [2.05, 4.69) is 4.98 Å². The first-order chi connectivity index (χ1) is 7.18. The Bertz CT molecular complexity index is 491. The Morgan fingerprint density at radius 2 is 2.27 bits per heavy atom. The zero-order valence-corrected chi connectivity index (χ0v) is 8.78. The number of Topliss-reactive ketones (excluding diaryl/α,β-unsaturated/α-hetero) is 1. The van der Waals surface area contributed by atoms with Crippen molar-refractivity contribution in [1.82, 2.24) is 4.98 Å². The van der Waals surface area contributed by atoms with E-state index in [0.717, 1.165) is 0 Å². The van der Waals surface area contributed by atoms with Crippen LogP contribution in [0.5, 0.6) is 0 Å². The van der Waals surface area contributed by atoms with Gasteiger partial charge in [0.2, 0.25) is 5.89 Å². The molecule has 0 saturated heterocycles. The molecule has 4 heteroatoms. The van der Waals surface area contributed by atoms with Crippen LogP contribution in [0, 0.1) is 0 Å². The summed E-state index contributed by atoms with van der Waals surface area (Å²) in [6.07, 6.45) is 3.02. The maximum Gasteiger partial charge on any atom is 0.227 e. The van der Waals surface area contributed by atoms with E-state index in [4.69, 9.17) is 16.0 Å². The largest absolute Gasteiger partial charge is 0.444 e. The fourth-order valence-corrected chi connectivity index (χ4v) is 1.53. The minimum atomic E-state index is -0.0177. The Morgan fingerprint density at radius 3 is 2.80 bits per heavy atom. The molecule has 76 valence electrons. The zero-order chi connectivity index (χ0) is 10.8. The molecule has 0 fully saturated rings. The highest BCUT2D eigenvalue weighted by Gasteiger charge is 2.09. The van der Waals surface area contributed by atoms with Crippen LogP contribution in [0.15, 0.2) is 35.1 Å². The van der Waals surface area contributed by atoms with Gasteiger partial charge in [0.15, 0.2) is 5.78 Å². The summed E-state index contributed by atoms with van der Waals surface area (Å²) in [7, 11) is 0. The van der Waals surface area contributed by atoms with E-state index in [9.17, 15) is 4.79 Å². The van der Waals surface area contributed by atoms with Crippen LogP contribution in [0.1, 0.15) is 17.3 Å². The van der Waals surface area contributed by atoms with E-state index in [0.29, 0.717) is 22.0 Å². The molecule has 0 bridgehead atoms. The monoisotopic (exact) mass is 221 g/mol. The second-order valence-corrected chi connectivity index (χ2v) is 3.50. The van der Waals surface area contributed by atoms with Crippen molar-refractivity contribution in [3.63, 3.8) is 0 Å². The first kappa shape index (κ1) is 9.93. The average Bonchev–Trinajstić information content (AvgIpc) is 2.70. The number of nitrogens with zero attached hydrogens (tertiary/aromatic N) is 1. The third kappa shape index (κ3) is 1.92. The molecule has 0 spiro atoms. The third-order valence-corrected chi connectivity index (χ3v) is 2.35. The first-order valence-electron chi connectivity index (χ1n) is 4.39. The molecule has 2 rings (SSSR count). The predicted molar refractivity (Wildman–Crippen MR) is 57.0 cm³/mol. The van der Waals surface area contributed by atoms with Gasteiger partial charge in [-0.05, 0) is 19.1 Å². The fraction of sp³-hybridized carbons (Fsp3) is 0.0909. The van der Waals surface area contributed by atoms with Crippen LogP contribution < -0.4 is 0 Å². The van der Waals surface area contributed by atoms with Gasteiger partial charge in [0.1, 0.15) is 6.26 Å². The Labute approximate surface area is 91.7 Å². The van der Waals surface area contributed by atoms with Crippen molar-refractivity contribution < 1.29 is 9.21 Å². The molecule has 0 N–H and O–H groups in total. The van der Waals surface area contributed by atoms with Crippen molar-refractivity contribution in [2.24, 2.45) is 0 Å². The number of hydrogen-bond acceptors (Lipinski definition) is 3. The van der Waals surface area contributed by atoms with Crippen LogP contribution in [-0.2, 0) is 0 Å². The standard InChI is InChI=1S/C11H8ClNO2/c1-7(14)8-2-3-9(10(12)6-8)11-13-4-5-15-11/h2-6H,1H3. The van der Waals surface area contributed by atoms with Gasteiger partial charge in [-0.3, -0.25) is 4.79 Å². The van der Waals surface area contributed by atoms with Crippen LogP contribution in [0.4, 0.5) is 0 Å². The minimum absolute atomic E-state index is 0.0177. The van der Waals surface area contributed by atoms with Gasteiger partial charge in [-0.1, -0.05) is 17.7 Å². The quantitative estimate of drug-likeness (QED) is 0.732. The third-order valence-electron chi connectivity index (χ3n) is 2.04. The lowest BCUT2D eigenvalue weighted by molar-refractivity contribution is 0.101. The molecule has 0 amide bonds. The number of carbonyl (C=O) groups excluding carboxylic acids is 1. The summed E-state index contributed by atoms with van der Waals surface area (Å²) in [5.74, 6) is 0.436. The Kier molecular flexibility index (Phi) is 2.56. The Hall–Kier alpha value is -1.61. The van der Waals surface area contributed by atoms with Gasteiger partial charge < -0.3 is 4.42 Å². The second kappa shape index (κ2) is 3.87. The highest BCUT2D eigenvalue weighted by Crippen LogP contribution is 2.27. The fourth-order valence-electron chi connectivity index (χ4n) is 1.26. The number of ketones is 1. The molecule has 1 aromatic carbocycles. The summed E-state index contributed by atoms with van der Waals surface area (Å²) < 4.78 is 5.12. The molecule has 0 aliphatic carbocycles. The van der Waals surface area contributed by atoms with E-state index >= 15 is 0 Å². The lowest BCUT2D eigenvalue weighted by Crippen LogP contribution is -1.92. The number of hydrogen-bond donors (Lipinski definition) is 0. The topological polar surface area (TPSA) is 43.1 Å². The number of aromatic nitrogens is 1. The van der Waals surface area contributed by atoms with Crippen molar-refractivity contribution in [1.29, 1.82) is 0 Å². The van der Waals surface area contributed by atoms with Crippen molar-refractivity contribution in [2.45, 2.75) is 6.92 Å². The molecule has 0 unspecified atom stereocenters. The molecule has 1 heterocycles. The molecule has 0 atom stereocenters. The van der Waals surface area contributed by atoms with Crippen LogP contribution >= 0.6 is 11.6 Å². The van der Waals surface area contributed by atoms with Gasteiger partial charge in [0.05, 0.1) is 16.8 Å². The van der Waals surface area contributed by atoms with Crippen molar-refractivity contribution in [2.75, 3.05) is 0 Å². The molecule has 0 radical (unpaired) electrons. The van der Waals surface area contributed by atoms with Gasteiger partial charge >= 0.3 is 0 Å². The summed E-state index contributed by atoms with van der Waals surface area (Å²) in [5.41, 5.74) is 1.27. The zero-order valence-electron chi connectivity index (χ0n) is 8.03. The number of halogens is 1. The normalized spacial score (nSPS) is 10.3. The molecule has 2 aromatic rings. The highest BCUT2D eigenvalue weighted by molar-refractivity contribution is 6.33. The van der Waals surface area contributed by atoms with Crippen LogP contribution in [0.25, 0.3) is 11.5 Å². The number of benzene rings is 1. The lowest BCUT2D eigenvalue weighted by atomic mass is 10.1. The summed E-state index contributed by atoms with van der Waals surface area (Å²) in [4.78, 5) is 15.1. The first-order valence-corrected chi connectivity index (χ1v) is 4.76. The maximum absolute atomic E-state index is 11.1. The van der Waals surface area contributed by atoms with E-state index < -0.39 is 0 Å². The average molecular weight is 222 g/mol. The summed E-state index contributed by atoms with van der Waals surface area (Å²) >= 11 is 6.01. The van der Waals surface area contributed by atoms with E-state index in [1.807, 2.05) is 0 Å². The molecular weight excluding hydrogens is 214 g/mol. The predicted octanol–water partition coefficient (Wildman–Crippen LogP) is 3.20. The molecular formula is C11H8ClNO2. The van der Waals surface area contributed by atoms with Crippen LogP contribution in [-0.4, -0.2) is 10.8 Å². The summed E-state index contributed by atoms with van der Waals surface area (Å²) in [5, 5.41) is 0.463. The van der Waals surface area contributed by atoms with E-state index in [1.54, 1.807) is 24.4 Å². The van der Waals surface area contributed by atoms with Crippen molar-refractivity contribution >= 4 is 17.4 Å². The SMILES string of the molecule is CC(=O)c1ccc(-c2ncco2)c(Cl)c1. The molecule has 3 nitrogen and oxygen atoms in total. The van der Waals surface area contributed by atoms with Gasteiger partial charge in [0.25, 0.3) is 0 Å². The number of rotatable bonds is 2. The van der Waals surface area contributed by atoms with Gasteiger partial charge in [-0.2, -0.15) is 0 Å². The molecule has 15 heavy (non-hydrogen) atoms. The van der Waals surface area contributed by atoms with Crippen molar-refractivity contribution in [3.05, 3.63) is 41.2 Å². The molecule has 1 aromatic heterocycles. The van der Waals surface area contributed by atoms with Gasteiger partial charge in [-0.15, -0.1) is 0 Å². The molecule has 0 aliphatic rings. The van der Waals surface area contributed by atoms with Gasteiger partial charge in [0, 0.05) is 5.56 Å².